The second kappa shape index (κ2) is 6.24. The number of rotatable bonds is 3. The molecule has 1 aliphatic heterocycles. The van der Waals surface area contributed by atoms with Gasteiger partial charge in [-0.15, -0.1) is 0 Å². The highest BCUT2D eigenvalue weighted by Crippen LogP contribution is 2.30. The van der Waals surface area contributed by atoms with Crippen molar-refractivity contribution in [3.8, 4) is 0 Å². The molecule has 1 aromatic rings. The van der Waals surface area contributed by atoms with Gasteiger partial charge in [0.2, 0.25) is 0 Å². The van der Waals surface area contributed by atoms with Crippen LogP contribution in [-0.4, -0.2) is 35.1 Å². The number of nitrogens with one attached hydrogen (secondary N) is 1. The SMILES string of the molecule is CC(NC(=O)N1CCC(C)(C(=O)O)C1)c1ccc(Br)cc1F. The zero-order valence-corrected chi connectivity index (χ0v) is 14.0. The Kier molecular flexibility index (Phi) is 4.75. The van der Waals surface area contributed by atoms with Gasteiger partial charge in [-0.1, -0.05) is 22.0 Å². The topological polar surface area (TPSA) is 69.6 Å². The number of carbonyl (C=O) groups excluding carboxylic acids is 1. The number of nitrogens with zero attached hydrogens (tertiary/aromatic N) is 1. The van der Waals surface area contributed by atoms with Crippen LogP contribution in [0.25, 0.3) is 0 Å². The molecule has 1 fully saturated rings. The van der Waals surface area contributed by atoms with Crippen molar-refractivity contribution in [3.05, 3.63) is 34.1 Å². The maximum absolute atomic E-state index is 13.9. The van der Waals surface area contributed by atoms with Gasteiger partial charge in [0, 0.05) is 23.1 Å². The molecule has 2 rings (SSSR count). The number of hydrogen-bond acceptors (Lipinski definition) is 2. The summed E-state index contributed by atoms with van der Waals surface area (Å²) in [7, 11) is 0. The molecule has 120 valence electrons. The van der Waals surface area contributed by atoms with Gasteiger partial charge in [-0.05, 0) is 32.4 Å². The minimum absolute atomic E-state index is 0.156. The first-order chi connectivity index (χ1) is 10.2. The van der Waals surface area contributed by atoms with Crippen LogP contribution in [0.15, 0.2) is 22.7 Å². The molecule has 0 spiro atoms. The molecule has 1 heterocycles. The third kappa shape index (κ3) is 3.40. The van der Waals surface area contributed by atoms with Crippen molar-refractivity contribution in [2.75, 3.05) is 13.1 Å². The molecule has 5 nitrogen and oxygen atoms in total. The largest absolute Gasteiger partial charge is 0.481 e. The van der Waals surface area contributed by atoms with Gasteiger partial charge >= 0.3 is 12.0 Å². The lowest BCUT2D eigenvalue weighted by Gasteiger charge is -2.23. The summed E-state index contributed by atoms with van der Waals surface area (Å²) in [5.74, 6) is -1.31. The molecular weight excluding hydrogens is 355 g/mol. The Morgan fingerprint density at radius 2 is 2.18 bits per heavy atom. The van der Waals surface area contributed by atoms with E-state index in [-0.39, 0.29) is 12.6 Å². The van der Waals surface area contributed by atoms with E-state index in [2.05, 4.69) is 21.2 Å². The van der Waals surface area contributed by atoms with Gasteiger partial charge in [0.25, 0.3) is 0 Å². The van der Waals surface area contributed by atoms with Crippen LogP contribution < -0.4 is 5.32 Å². The second-order valence-electron chi connectivity index (χ2n) is 5.87. The maximum atomic E-state index is 13.9. The number of likely N-dealkylation sites (tertiary alicyclic amines) is 1. The third-order valence-corrected chi connectivity index (χ3v) is 4.54. The molecule has 1 saturated heterocycles. The number of benzene rings is 1. The van der Waals surface area contributed by atoms with Crippen LogP contribution in [-0.2, 0) is 4.79 Å². The Balaban J connectivity index is 2.02. The van der Waals surface area contributed by atoms with Gasteiger partial charge in [-0.3, -0.25) is 4.79 Å². The zero-order valence-electron chi connectivity index (χ0n) is 12.4. The molecular formula is C15H18BrFN2O3. The van der Waals surface area contributed by atoms with Gasteiger partial charge in [0.15, 0.2) is 0 Å². The molecule has 0 bridgehead atoms. The lowest BCUT2D eigenvalue weighted by molar-refractivity contribution is -0.146. The van der Waals surface area contributed by atoms with E-state index in [9.17, 15) is 19.1 Å². The van der Waals surface area contributed by atoms with Crippen molar-refractivity contribution in [1.29, 1.82) is 0 Å². The fraction of sp³-hybridized carbons (Fsp3) is 0.467. The lowest BCUT2D eigenvalue weighted by Crippen LogP contribution is -2.41. The fourth-order valence-electron chi connectivity index (χ4n) is 2.52. The van der Waals surface area contributed by atoms with E-state index in [1.54, 1.807) is 26.0 Å². The Morgan fingerprint density at radius 1 is 1.50 bits per heavy atom. The Bertz CT molecular complexity index is 610. The number of hydrogen-bond donors (Lipinski definition) is 2. The molecule has 2 amide bonds. The van der Waals surface area contributed by atoms with Crippen molar-refractivity contribution in [2.24, 2.45) is 5.41 Å². The van der Waals surface area contributed by atoms with Crippen LogP contribution in [0.2, 0.25) is 0 Å². The average molecular weight is 373 g/mol. The maximum Gasteiger partial charge on any atom is 0.317 e. The number of carboxylic acid groups (broad SMARTS) is 1. The lowest BCUT2D eigenvalue weighted by atomic mass is 9.90. The van der Waals surface area contributed by atoms with E-state index in [1.165, 1.54) is 11.0 Å². The molecule has 0 radical (unpaired) electrons. The van der Waals surface area contributed by atoms with Gasteiger partial charge in [-0.2, -0.15) is 0 Å². The predicted octanol–water partition coefficient (Wildman–Crippen LogP) is 3.16. The third-order valence-electron chi connectivity index (χ3n) is 4.05. The van der Waals surface area contributed by atoms with Crippen molar-refractivity contribution < 1.29 is 19.1 Å². The summed E-state index contributed by atoms with van der Waals surface area (Å²) in [6, 6.07) is 3.78. The van der Waals surface area contributed by atoms with Gasteiger partial charge < -0.3 is 15.3 Å². The van der Waals surface area contributed by atoms with Crippen LogP contribution >= 0.6 is 15.9 Å². The normalized spacial score (nSPS) is 22.5. The second-order valence-corrected chi connectivity index (χ2v) is 6.79. The standard InChI is InChI=1S/C15H18BrFN2O3/c1-9(11-4-3-10(16)7-12(11)17)18-14(22)19-6-5-15(2,8-19)13(20)21/h3-4,7,9H,5-6,8H2,1-2H3,(H,18,22)(H,20,21). The van der Waals surface area contributed by atoms with Crippen molar-refractivity contribution in [1.82, 2.24) is 10.2 Å². The molecule has 0 saturated carbocycles. The number of aliphatic carboxylic acids is 1. The summed E-state index contributed by atoms with van der Waals surface area (Å²) in [4.78, 5) is 24.9. The number of urea groups is 1. The summed E-state index contributed by atoms with van der Waals surface area (Å²) in [6.45, 7) is 3.85. The number of carboxylic acids is 1. The highest BCUT2D eigenvalue weighted by atomic mass is 79.9. The number of carbonyl (C=O) groups is 2. The van der Waals surface area contributed by atoms with Crippen molar-refractivity contribution in [2.45, 2.75) is 26.3 Å². The fourth-order valence-corrected chi connectivity index (χ4v) is 2.85. The summed E-state index contributed by atoms with van der Waals surface area (Å²) in [5, 5.41) is 11.9. The monoisotopic (exact) mass is 372 g/mol. The van der Waals surface area contributed by atoms with Crippen LogP contribution in [0, 0.1) is 11.2 Å². The first kappa shape index (κ1) is 16.7. The van der Waals surface area contributed by atoms with Crippen LogP contribution in [0.3, 0.4) is 0 Å². The quantitative estimate of drug-likeness (QED) is 0.855. The highest BCUT2D eigenvalue weighted by molar-refractivity contribution is 9.10. The Morgan fingerprint density at radius 3 is 2.73 bits per heavy atom. The zero-order chi connectivity index (χ0) is 16.5. The predicted molar refractivity (Wildman–Crippen MR) is 83.0 cm³/mol. The van der Waals surface area contributed by atoms with E-state index in [0.29, 0.717) is 23.0 Å². The first-order valence-corrected chi connectivity index (χ1v) is 7.76. The van der Waals surface area contributed by atoms with Crippen molar-refractivity contribution >= 4 is 27.9 Å². The summed E-state index contributed by atoms with van der Waals surface area (Å²) < 4.78 is 14.5. The van der Waals surface area contributed by atoms with Gasteiger partial charge in [-0.25, -0.2) is 9.18 Å². The van der Waals surface area contributed by atoms with Crippen LogP contribution in [0.4, 0.5) is 9.18 Å². The number of halogens is 2. The molecule has 2 N–H and O–H groups in total. The van der Waals surface area contributed by atoms with Crippen LogP contribution in [0.1, 0.15) is 31.9 Å². The van der Waals surface area contributed by atoms with E-state index >= 15 is 0 Å². The minimum Gasteiger partial charge on any atom is -0.481 e. The number of amides is 2. The van der Waals surface area contributed by atoms with Crippen molar-refractivity contribution in [3.63, 3.8) is 0 Å². The molecule has 1 aliphatic rings. The molecule has 22 heavy (non-hydrogen) atoms. The smallest absolute Gasteiger partial charge is 0.317 e. The van der Waals surface area contributed by atoms with Crippen LogP contribution in [0.5, 0.6) is 0 Å². The summed E-state index contributed by atoms with van der Waals surface area (Å²) in [5.41, 5.74) is -0.527. The first-order valence-electron chi connectivity index (χ1n) is 6.97. The minimum atomic E-state index is -0.913. The molecule has 7 heteroatoms. The van der Waals surface area contributed by atoms with E-state index in [0.717, 1.165) is 0 Å². The van der Waals surface area contributed by atoms with E-state index in [1.807, 2.05) is 0 Å². The Hall–Kier alpha value is -1.63. The van der Waals surface area contributed by atoms with E-state index in [4.69, 9.17) is 0 Å². The molecule has 1 aromatic carbocycles. The summed E-state index contributed by atoms with van der Waals surface area (Å²) >= 11 is 3.18. The average Bonchev–Trinajstić information content (AvgIpc) is 2.82. The van der Waals surface area contributed by atoms with Gasteiger partial charge in [0.05, 0.1) is 11.5 Å². The molecule has 2 unspecified atom stereocenters. The molecule has 2 atom stereocenters. The van der Waals surface area contributed by atoms with Gasteiger partial charge in [0.1, 0.15) is 5.82 Å². The van der Waals surface area contributed by atoms with E-state index < -0.39 is 23.2 Å². The molecule has 0 aliphatic carbocycles. The highest BCUT2D eigenvalue weighted by Gasteiger charge is 2.42. The molecule has 0 aromatic heterocycles. The summed E-state index contributed by atoms with van der Waals surface area (Å²) in [6.07, 6.45) is 0.413. The Labute approximate surface area is 136 Å².